The molecule has 2 aliphatic rings. The molecule has 26 heavy (non-hydrogen) atoms. The van der Waals surface area contributed by atoms with Crippen molar-refractivity contribution in [2.45, 2.75) is 0 Å². The largest absolute Gasteiger partial charge is 0.0623 e. The lowest BCUT2D eigenvalue weighted by atomic mass is 9.90. The van der Waals surface area contributed by atoms with Gasteiger partial charge in [-0.05, 0) is 33.0 Å². The summed E-state index contributed by atoms with van der Waals surface area (Å²) in [6, 6.07) is 13.1. The van der Waals surface area contributed by atoms with Crippen molar-refractivity contribution in [3.05, 3.63) is 133 Å². The van der Waals surface area contributed by atoms with Gasteiger partial charge < -0.3 is 0 Å². The van der Waals surface area contributed by atoms with Crippen molar-refractivity contribution < 1.29 is 0 Å². The van der Waals surface area contributed by atoms with Crippen LogP contribution in [-0.2, 0) is 0 Å². The fourth-order valence-corrected chi connectivity index (χ4v) is 3.31. The number of rotatable bonds is 2. The van der Waals surface area contributed by atoms with E-state index in [1.165, 1.54) is 33.0 Å². The molecule has 2 aromatic rings. The molecule has 0 unspecified atom stereocenters. The Labute approximate surface area is 154 Å². The van der Waals surface area contributed by atoms with Gasteiger partial charge in [-0.3, -0.25) is 0 Å². The van der Waals surface area contributed by atoms with E-state index in [0.29, 0.717) is 0 Å². The van der Waals surface area contributed by atoms with Crippen molar-refractivity contribution in [3.63, 3.8) is 0 Å². The van der Waals surface area contributed by atoms with E-state index in [9.17, 15) is 0 Å². The lowest BCUT2D eigenvalue weighted by Crippen LogP contribution is -1.91. The molecule has 0 atom stereocenters. The van der Waals surface area contributed by atoms with E-state index in [0.717, 1.165) is 0 Å². The Morgan fingerprint density at radius 1 is 0.423 bits per heavy atom. The molecule has 0 fully saturated rings. The summed E-state index contributed by atoms with van der Waals surface area (Å²) in [5.41, 5.74) is 4.94. The predicted molar refractivity (Wildman–Crippen MR) is 115 cm³/mol. The molecule has 124 valence electrons. The first-order valence-electron chi connectivity index (χ1n) is 8.89. The summed E-state index contributed by atoms with van der Waals surface area (Å²) in [5, 5.41) is 2.55. The summed E-state index contributed by atoms with van der Waals surface area (Å²) in [6.07, 6.45) is 29.4. The summed E-state index contributed by atoms with van der Waals surface area (Å²) >= 11 is 0. The minimum atomic E-state index is 1.22. The number of benzene rings is 2. The van der Waals surface area contributed by atoms with E-state index in [-0.39, 0.29) is 0 Å². The third kappa shape index (κ3) is 3.36. The summed E-state index contributed by atoms with van der Waals surface area (Å²) < 4.78 is 0. The van der Waals surface area contributed by atoms with Crippen LogP contribution in [0.5, 0.6) is 0 Å². The second-order valence-corrected chi connectivity index (χ2v) is 6.21. The summed E-state index contributed by atoms with van der Waals surface area (Å²) in [4.78, 5) is 0. The maximum atomic E-state index is 2.21. The molecule has 0 amide bonds. The fraction of sp³-hybridized carbons (Fsp3) is 0. The van der Waals surface area contributed by atoms with Crippen LogP contribution in [0.3, 0.4) is 0 Å². The molecule has 0 N–H and O–H groups in total. The minimum Gasteiger partial charge on any atom is -0.0623 e. The average molecular weight is 332 g/mol. The summed E-state index contributed by atoms with van der Waals surface area (Å²) in [7, 11) is 0. The molecule has 0 nitrogen and oxygen atoms in total. The van der Waals surface area contributed by atoms with Crippen molar-refractivity contribution in [2.75, 3.05) is 0 Å². The molecule has 0 saturated heterocycles. The van der Waals surface area contributed by atoms with Crippen LogP contribution in [0.4, 0.5) is 0 Å². The van der Waals surface area contributed by atoms with Crippen LogP contribution in [-0.4, -0.2) is 0 Å². The van der Waals surface area contributed by atoms with Crippen LogP contribution in [0.2, 0.25) is 0 Å². The zero-order chi connectivity index (χ0) is 17.6. The quantitative estimate of drug-likeness (QED) is 0.557. The molecule has 0 aromatic heterocycles. The maximum absolute atomic E-state index is 2.21. The zero-order valence-corrected chi connectivity index (χ0v) is 14.5. The van der Waals surface area contributed by atoms with Crippen LogP contribution in [0, 0.1) is 0 Å². The maximum Gasteiger partial charge on any atom is -0.00268 e. The highest BCUT2D eigenvalue weighted by atomic mass is 14.1. The normalized spacial score (nSPS) is 27.4. The van der Waals surface area contributed by atoms with Crippen LogP contribution >= 0.6 is 0 Å². The molecule has 2 aromatic carbocycles. The Bertz CT molecular complexity index is 978. The number of allylic oxidation sites excluding steroid dienone is 16. The van der Waals surface area contributed by atoms with E-state index in [1.54, 1.807) is 0 Å². The Kier molecular flexibility index (Phi) is 4.75. The first kappa shape index (κ1) is 16.1. The molecular formula is C26H20. The highest BCUT2D eigenvalue weighted by molar-refractivity contribution is 6.04. The fourth-order valence-electron chi connectivity index (χ4n) is 3.31. The van der Waals surface area contributed by atoms with E-state index in [1.807, 2.05) is 12.2 Å². The second kappa shape index (κ2) is 7.67. The molecule has 0 heterocycles. The van der Waals surface area contributed by atoms with E-state index in [2.05, 4.69) is 109 Å². The van der Waals surface area contributed by atoms with Crippen molar-refractivity contribution in [1.29, 1.82) is 0 Å². The number of hydrogen-bond donors (Lipinski definition) is 0. The highest BCUT2D eigenvalue weighted by Gasteiger charge is 2.10. The van der Waals surface area contributed by atoms with Crippen molar-refractivity contribution in [2.24, 2.45) is 0 Å². The van der Waals surface area contributed by atoms with Gasteiger partial charge in [0.1, 0.15) is 0 Å². The van der Waals surface area contributed by atoms with E-state index >= 15 is 0 Å². The number of hydrogen-bond acceptors (Lipinski definition) is 0. The SMILES string of the molecule is C1=C\C=C/C(c2cccc3cccc(C4=C/C=C\C=C/C=C\4)c23)=C\C=C/1. The van der Waals surface area contributed by atoms with Crippen molar-refractivity contribution in [1.82, 2.24) is 0 Å². The Balaban J connectivity index is 1.96. The molecule has 0 aliphatic heterocycles. The van der Waals surface area contributed by atoms with Gasteiger partial charge in [-0.25, -0.2) is 0 Å². The van der Waals surface area contributed by atoms with Crippen molar-refractivity contribution in [3.8, 4) is 0 Å². The molecule has 0 saturated carbocycles. The van der Waals surface area contributed by atoms with Crippen molar-refractivity contribution >= 4 is 21.9 Å². The third-order valence-electron chi connectivity index (χ3n) is 4.52. The van der Waals surface area contributed by atoms with Crippen LogP contribution < -0.4 is 0 Å². The Morgan fingerprint density at radius 2 is 0.885 bits per heavy atom. The van der Waals surface area contributed by atoms with Gasteiger partial charge in [0.25, 0.3) is 0 Å². The zero-order valence-electron chi connectivity index (χ0n) is 14.5. The molecule has 0 radical (unpaired) electrons. The Morgan fingerprint density at radius 3 is 1.42 bits per heavy atom. The molecular weight excluding hydrogens is 312 g/mol. The minimum absolute atomic E-state index is 1.22. The van der Waals surface area contributed by atoms with Gasteiger partial charge in [-0.2, -0.15) is 0 Å². The van der Waals surface area contributed by atoms with Gasteiger partial charge in [0, 0.05) is 0 Å². The average Bonchev–Trinajstić information content (AvgIpc) is 2.61. The lowest BCUT2D eigenvalue weighted by molar-refractivity contribution is 1.62. The summed E-state index contributed by atoms with van der Waals surface area (Å²) in [5.74, 6) is 0. The standard InChI is InChI=1S/C26H20/c1-3-7-13-21(14-8-4-1)24-19-11-17-23-18-12-20-25(26(23)24)22-15-9-5-2-6-10-16-22/h1-20H/b3-1-,4-1?,5-2-,6-2?,7-3?,8-4-,9-5?,10-6-,13-7-,14-8?,15-9-,16-10?,21-13?,21-14+,22-15?,22-16+. The Hall–Kier alpha value is -3.38. The van der Waals surface area contributed by atoms with Gasteiger partial charge in [0.2, 0.25) is 0 Å². The van der Waals surface area contributed by atoms with Crippen LogP contribution in [0.15, 0.2) is 121 Å². The third-order valence-corrected chi connectivity index (χ3v) is 4.52. The second-order valence-electron chi connectivity index (χ2n) is 6.21. The van der Waals surface area contributed by atoms with Crippen LogP contribution in [0.1, 0.15) is 11.1 Å². The topological polar surface area (TPSA) is 0 Å². The van der Waals surface area contributed by atoms with Gasteiger partial charge in [-0.1, -0.05) is 121 Å². The molecule has 4 rings (SSSR count). The molecule has 0 heteroatoms. The van der Waals surface area contributed by atoms with Crippen LogP contribution in [0.25, 0.3) is 21.9 Å². The lowest BCUT2D eigenvalue weighted by Gasteiger charge is -2.14. The van der Waals surface area contributed by atoms with Gasteiger partial charge in [0.05, 0.1) is 0 Å². The summed E-state index contributed by atoms with van der Waals surface area (Å²) in [6.45, 7) is 0. The first-order chi connectivity index (χ1) is 12.9. The smallest absolute Gasteiger partial charge is 0.00268 e. The van der Waals surface area contributed by atoms with Gasteiger partial charge >= 0.3 is 0 Å². The van der Waals surface area contributed by atoms with E-state index in [4.69, 9.17) is 0 Å². The van der Waals surface area contributed by atoms with E-state index < -0.39 is 0 Å². The number of fused-ring (bicyclic) bond motifs is 1. The molecule has 0 bridgehead atoms. The predicted octanol–water partition coefficient (Wildman–Crippen LogP) is 6.97. The molecule has 2 aliphatic carbocycles. The molecule has 0 spiro atoms. The van der Waals surface area contributed by atoms with Gasteiger partial charge in [-0.15, -0.1) is 0 Å². The monoisotopic (exact) mass is 332 g/mol. The highest BCUT2D eigenvalue weighted by Crippen LogP contribution is 2.33. The first-order valence-corrected chi connectivity index (χ1v) is 8.89. The van der Waals surface area contributed by atoms with Gasteiger partial charge in [0.15, 0.2) is 0 Å².